The molecule has 6 nitrogen and oxygen atoms in total. The number of allylic oxidation sites excluding steroid dienone is 2. The van der Waals surface area contributed by atoms with Gasteiger partial charge >= 0.3 is 0 Å². The summed E-state index contributed by atoms with van der Waals surface area (Å²) in [6.07, 6.45) is 8.95. The van der Waals surface area contributed by atoms with E-state index < -0.39 is 5.41 Å². The first-order valence-electron chi connectivity index (χ1n) is 11.5. The van der Waals surface area contributed by atoms with Gasteiger partial charge in [-0.1, -0.05) is 66.7 Å². The van der Waals surface area contributed by atoms with Crippen LogP contribution in [0, 0.1) is 0 Å². The van der Waals surface area contributed by atoms with Gasteiger partial charge in [0.2, 0.25) is 6.79 Å². The van der Waals surface area contributed by atoms with Gasteiger partial charge in [-0.15, -0.1) is 5.10 Å². The van der Waals surface area contributed by atoms with Crippen molar-refractivity contribution in [3.8, 4) is 11.5 Å². The Kier molecular flexibility index (Phi) is 5.19. The van der Waals surface area contributed by atoms with E-state index in [0.29, 0.717) is 6.42 Å². The molecule has 1 unspecified atom stereocenters. The number of carbonyl (C=O) groups is 1. The molecule has 0 radical (unpaired) electrons. The second-order valence-corrected chi connectivity index (χ2v) is 8.54. The zero-order chi connectivity index (χ0) is 23.7. The van der Waals surface area contributed by atoms with E-state index in [9.17, 15) is 4.79 Å². The summed E-state index contributed by atoms with van der Waals surface area (Å²) >= 11 is 0. The zero-order valence-electron chi connectivity index (χ0n) is 18.9. The molecule has 0 amide bonds. The fraction of sp³-hybridized carbons (Fsp3) is 0.103. The third-order valence-electron chi connectivity index (χ3n) is 6.55. The Hall–Kier alpha value is -4.58. The molecule has 1 aromatic heterocycles. The van der Waals surface area contributed by atoms with Crippen molar-refractivity contribution in [3.63, 3.8) is 0 Å². The van der Waals surface area contributed by atoms with Crippen molar-refractivity contribution < 1.29 is 14.3 Å². The third-order valence-corrected chi connectivity index (χ3v) is 6.55. The van der Waals surface area contributed by atoms with E-state index in [0.717, 1.165) is 51.7 Å². The minimum atomic E-state index is -0.452. The fourth-order valence-electron chi connectivity index (χ4n) is 4.85. The molecule has 4 aromatic rings. The molecule has 3 aromatic carbocycles. The number of carbonyl (C=O) groups excluding carboxylic acids is 1. The highest BCUT2D eigenvalue weighted by Gasteiger charge is 2.38. The lowest BCUT2D eigenvalue weighted by Crippen LogP contribution is -2.31. The molecule has 0 bridgehead atoms. The van der Waals surface area contributed by atoms with Gasteiger partial charge in [0.05, 0.1) is 5.69 Å². The van der Waals surface area contributed by atoms with E-state index in [2.05, 4.69) is 53.9 Å². The highest BCUT2D eigenvalue weighted by atomic mass is 16.7. The summed E-state index contributed by atoms with van der Waals surface area (Å²) in [6.45, 7) is 0.231. The number of para-hydroxylation sites is 1. The summed E-state index contributed by atoms with van der Waals surface area (Å²) in [7, 11) is 0. The minimum absolute atomic E-state index is 0.231. The largest absolute Gasteiger partial charge is 0.454 e. The van der Waals surface area contributed by atoms with Crippen LogP contribution in [0.5, 0.6) is 11.5 Å². The van der Waals surface area contributed by atoms with E-state index in [1.54, 1.807) is 10.9 Å². The highest BCUT2D eigenvalue weighted by Crippen LogP contribution is 2.46. The first-order valence-corrected chi connectivity index (χ1v) is 11.5. The van der Waals surface area contributed by atoms with E-state index in [4.69, 9.17) is 14.6 Å². The highest BCUT2D eigenvalue weighted by molar-refractivity contribution is 5.76. The predicted octanol–water partition coefficient (Wildman–Crippen LogP) is 5.58. The molecule has 6 rings (SSSR count). The summed E-state index contributed by atoms with van der Waals surface area (Å²) in [4.78, 5) is 11.1. The molecule has 1 aliphatic carbocycles. The van der Waals surface area contributed by atoms with Crippen LogP contribution in [-0.4, -0.2) is 22.9 Å². The van der Waals surface area contributed by atoms with Gasteiger partial charge in [0, 0.05) is 29.3 Å². The molecule has 172 valence electrons. The number of hydrogen-bond acceptors (Lipinski definition) is 5. The Morgan fingerprint density at radius 3 is 2.49 bits per heavy atom. The van der Waals surface area contributed by atoms with Crippen molar-refractivity contribution in [2.75, 3.05) is 12.1 Å². The third kappa shape index (κ3) is 3.69. The second-order valence-electron chi connectivity index (χ2n) is 8.54. The molecule has 2 aliphatic rings. The Morgan fingerprint density at radius 1 is 0.914 bits per heavy atom. The van der Waals surface area contributed by atoms with Gasteiger partial charge in [-0.3, -0.25) is 4.79 Å². The summed E-state index contributed by atoms with van der Waals surface area (Å²) in [6, 6.07) is 26.5. The number of aldehydes is 1. The van der Waals surface area contributed by atoms with Crippen molar-refractivity contribution in [3.05, 3.63) is 113 Å². The summed E-state index contributed by atoms with van der Waals surface area (Å²) < 4.78 is 13.1. The van der Waals surface area contributed by atoms with Gasteiger partial charge in [-0.25, -0.2) is 4.68 Å². The molecule has 35 heavy (non-hydrogen) atoms. The Morgan fingerprint density at radius 2 is 1.69 bits per heavy atom. The maximum absolute atomic E-state index is 11.1. The van der Waals surface area contributed by atoms with Gasteiger partial charge in [-0.05, 0) is 41.5 Å². The maximum Gasteiger partial charge on any atom is 0.231 e. The number of ether oxygens (including phenoxy) is 2. The summed E-state index contributed by atoms with van der Waals surface area (Å²) in [5.74, 6) is 2.24. The number of nitrogens with one attached hydrogen (secondary N) is 1. The van der Waals surface area contributed by atoms with E-state index in [1.165, 1.54) is 6.08 Å². The van der Waals surface area contributed by atoms with E-state index in [1.807, 2.05) is 42.5 Å². The number of aromatic nitrogens is 2. The van der Waals surface area contributed by atoms with Crippen LogP contribution in [0.1, 0.15) is 22.4 Å². The minimum Gasteiger partial charge on any atom is -0.454 e. The average molecular weight is 462 g/mol. The topological polar surface area (TPSA) is 65.4 Å². The van der Waals surface area contributed by atoms with Crippen LogP contribution in [0.15, 0.2) is 91.0 Å². The first kappa shape index (κ1) is 21.0. The van der Waals surface area contributed by atoms with Crippen molar-refractivity contribution in [1.82, 2.24) is 9.78 Å². The van der Waals surface area contributed by atoms with Gasteiger partial charge in [0.1, 0.15) is 6.29 Å². The quantitative estimate of drug-likeness (QED) is 0.300. The maximum atomic E-state index is 11.1. The van der Waals surface area contributed by atoms with Crippen LogP contribution >= 0.6 is 0 Å². The SMILES string of the molecule is O=CC=Cn1nc(Nc2ccccc2)c2c1CC(c1ccccc1)(c1ccc3c(c1)OCO3)C=C2. The molecule has 1 N–H and O–H groups in total. The lowest BCUT2D eigenvalue weighted by Gasteiger charge is -2.35. The molecule has 1 atom stereocenters. The Bertz CT molecular complexity index is 1440. The number of benzene rings is 3. The molecular formula is C29H23N3O3. The van der Waals surface area contributed by atoms with Gasteiger partial charge in [0.15, 0.2) is 17.3 Å². The molecule has 1 aliphatic heterocycles. The molecular weight excluding hydrogens is 438 g/mol. The van der Waals surface area contributed by atoms with Crippen molar-refractivity contribution in [1.29, 1.82) is 0 Å². The first-order chi connectivity index (χ1) is 17.3. The molecule has 0 saturated carbocycles. The van der Waals surface area contributed by atoms with Crippen molar-refractivity contribution in [2.45, 2.75) is 11.8 Å². The Labute approximate surface area is 203 Å². The van der Waals surface area contributed by atoms with Crippen LogP contribution < -0.4 is 14.8 Å². The summed E-state index contributed by atoms with van der Waals surface area (Å²) in [5.41, 5.74) is 4.75. The van der Waals surface area contributed by atoms with Crippen LogP contribution in [0.4, 0.5) is 11.5 Å². The second kappa shape index (κ2) is 8.65. The molecule has 2 heterocycles. The number of anilines is 2. The van der Waals surface area contributed by atoms with Gasteiger partial charge in [-0.2, -0.15) is 0 Å². The Balaban J connectivity index is 1.50. The lowest BCUT2D eigenvalue weighted by molar-refractivity contribution is -0.104. The normalized spacial score (nSPS) is 17.9. The smallest absolute Gasteiger partial charge is 0.231 e. The molecule has 6 heteroatoms. The number of nitrogens with zero attached hydrogens (tertiary/aromatic N) is 2. The van der Waals surface area contributed by atoms with Crippen LogP contribution in [0.2, 0.25) is 0 Å². The molecule has 0 saturated heterocycles. The number of fused-ring (bicyclic) bond motifs is 2. The van der Waals surface area contributed by atoms with Crippen LogP contribution in [0.3, 0.4) is 0 Å². The van der Waals surface area contributed by atoms with Crippen LogP contribution in [0.25, 0.3) is 12.3 Å². The molecule has 0 spiro atoms. The monoisotopic (exact) mass is 461 g/mol. The van der Waals surface area contributed by atoms with Crippen molar-refractivity contribution >= 4 is 30.1 Å². The van der Waals surface area contributed by atoms with Gasteiger partial charge < -0.3 is 14.8 Å². The standard InChI is InChI=1S/C29H23N3O3/c33-17-7-16-32-25-19-29(21-8-3-1-4-9-21,22-12-13-26-27(18-22)35-20-34-26)15-14-24(25)28(31-32)30-23-10-5-2-6-11-23/h1-18H,19-20H2,(H,30,31). The lowest BCUT2D eigenvalue weighted by atomic mass is 9.68. The summed E-state index contributed by atoms with van der Waals surface area (Å²) in [5, 5.41) is 8.23. The van der Waals surface area contributed by atoms with E-state index in [-0.39, 0.29) is 6.79 Å². The van der Waals surface area contributed by atoms with E-state index >= 15 is 0 Å². The van der Waals surface area contributed by atoms with Crippen LogP contribution in [-0.2, 0) is 16.6 Å². The average Bonchev–Trinajstić information content (AvgIpc) is 3.52. The number of hydrogen-bond donors (Lipinski definition) is 1. The predicted molar refractivity (Wildman–Crippen MR) is 136 cm³/mol. The fourth-order valence-corrected chi connectivity index (χ4v) is 4.85. The van der Waals surface area contributed by atoms with Crippen molar-refractivity contribution in [2.24, 2.45) is 0 Å². The number of rotatable bonds is 6. The molecule has 0 fully saturated rings. The van der Waals surface area contributed by atoms with Gasteiger partial charge in [0.25, 0.3) is 0 Å². The zero-order valence-corrected chi connectivity index (χ0v) is 18.9.